The molecule has 0 amide bonds. The average molecular weight is 280 g/mol. The van der Waals surface area contributed by atoms with Crippen LogP contribution in [0.5, 0.6) is 5.88 Å². The van der Waals surface area contributed by atoms with Gasteiger partial charge in [-0.2, -0.15) is 0 Å². The first kappa shape index (κ1) is 13.1. The van der Waals surface area contributed by atoms with Gasteiger partial charge in [0, 0.05) is 11.9 Å². The van der Waals surface area contributed by atoms with Crippen molar-refractivity contribution in [3.63, 3.8) is 0 Å². The predicted molar refractivity (Wildman–Crippen MR) is 76.5 cm³/mol. The average Bonchev–Trinajstić information content (AvgIpc) is 3.14. The Labute approximate surface area is 118 Å². The van der Waals surface area contributed by atoms with Crippen LogP contribution < -0.4 is 10.5 Å². The maximum Gasteiger partial charge on any atom is 0.238 e. The molecule has 2 aliphatic rings. The second-order valence-corrected chi connectivity index (χ2v) is 6.58. The fourth-order valence-corrected chi connectivity index (χ4v) is 3.20. The maximum absolute atomic E-state index is 5.91. The Hall–Kier alpha value is -0.940. The first-order chi connectivity index (χ1) is 9.22. The van der Waals surface area contributed by atoms with Gasteiger partial charge in [0.15, 0.2) is 0 Å². The molecule has 1 aliphatic carbocycles. The molecule has 1 aromatic rings. The molecule has 3 rings (SSSR count). The SMILES string of the molecule is CC1OCCC1Sc1ccc(N)c(OCC2CC2)n1. The molecule has 5 heteroatoms. The molecule has 0 spiro atoms. The van der Waals surface area contributed by atoms with Gasteiger partial charge in [-0.25, -0.2) is 4.98 Å². The molecule has 4 nitrogen and oxygen atoms in total. The summed E-state index contributed by atoms with van der Waals surface area (Å²) in [7, 11) is 0. The van der Waals surface area contributed by atoms with Crippen molar-refractivity contribution in [2.45, 2.75) is 42.6 Å². The summed E-state index contributed by atoms with van der Waals surface area (Å²) in [6.07, 6.45) is 3.91. The fraction of sp³-hybridized carbons (Fsp3) is 0.643. The number of nitrogen functional groups attached to an aromatic ring is 1. The first-order valence-corrected chi connectivity index (χ1v) is 7.78. The Morgan fingerprint density at radius 2 is 2.26 bits per heavy atom. The Morgan fingerprint density at radius 3 is 2.95 bits per heavy atom. The van der Waals surface area contributed by atoms with Gasteiger partial charge in [0.05, 0.1) is 18.4 Å². The van der Waals surface area contributed by atoms with Crippen molar-refractivity contribution in [3.05, 3.63) is 12.1 Å². The number of hydrogen-bond acceptors (Lipinski definition) is 5. The summed E-state index contributed by atoms with van der Waals surface area (Å²) in [4.78, 5) is 4.53. The predicted octanol–water partition coefficient (Wildman–Crippen LogP) is 2.72. The molecule has 0 radical (unpaired) electrons. The zero-order valence-electron chi connectivity index (χ0n) is 11.2. The molecular weight excluding hydrogens is 260 g/mol. The van der Waals surface area contributed by atoms with Gasteiger partial charge in [-0.3, -0.25) is 0 Å². The highest BCUT2D eigenvalue weighted by Gasteiger charge is 2.26. The van der Waals surface area contributed by atoms with E-state index in [4.69, 9.17) is 15.2 Å². The van der Waals surface area contributed by atoms with E-state index in [2.05, 4.69) is 11.9 Å². The van der Waals surface area contributed by atoms with Gasteiger partial charge in [0.1, 0.15) is 5.03 Å². The molecule has 2 fully saturated rings. The number of nitrogens with zero attached hydrogens (tertiary/aromatic N) is 1. The van der Waals surface area contributed by atoms with E-state index in [0.717, 1.165) is 24.7 Å². The summed E-state index contributed by atoms with van der Waals surface area (Å²) in [5, 5.41) is 1.45. The van der Waals surface area contributed by atoms with E-state index >= 15 is 0 Å². The molecule has 104 valence electrons. The van der Waals surface area contributed by atoms with Crippen LogP contribution in [-0.4, -0.2) is 29.6 Å². The van der Waals surface area contributed by atoms with Crippen LogP contribution in [0.15, 0.2) is 17.2 Å². The van der Waals surface area contributed by atoms with Gasteiger partial charge < -0.3 is 15.2 Å². The molecule has 2 unspecified atom stereocenters. The Balaban J connectivity index is 1.65. The number of hydrogen-bond donors (Lipinski definition) is 1. The smallest absolute Gasteiger partial charge is 0.238 e. The van der Waals surface area contributed by atoms with Crippen molar-refractivity contribution in [3.8, 4) is 5.88 Å². The lowest BCUT2D eigenvalue weighted by molar-refractivity contribution is 0.127. The standard InChI is InChI=1S/C14H20N2O2S/c1-9-12(6-7-17-9)19-13-5-4-11(15)14(16-13)18-8-10-2-3-10/h4-5,9-10,12H,2-3,6-8,15H2,1H3. The second-order valence-electron chi connectivity index (χ2n) is 5.32. The number of aromatic nitrogens is 1. The zero-order valence-corrected chi connectivity index (χ0v) is 12.0. The highest BCUT2D eigenvalue weighted by atomic mass is 32.2. The van der Waals surface area contributed by atoms with Crippen molar-refractivity contribution in [2.24, 2.45) is 5.92 Å². The third kappa shape index (κ3) is 3.34. The summed E-state index contributed by atoms with van der Waals surface area (Å²) in [5.41, 5.74) is 6.54. The fourth-order valence-electron chi connectivity index (χ4n) is 2.12. The minimum Gasteiger partial charge on any atom is -0.476 e. The number of nitrogens with two attached hydrogens (primary N) is 1. The third-order valence-corrected chi connectivity index (χ3v) is 4.99. The van der Waals surface area contributed by atoms with Crippen molar-refractivity contribution < 1.29 is 9.47 Å². The number of anilines is 1. The van der Waals surface area contributed by atoms with Crippen LogP contribution in [0.1, 0.15) is 26.2 Å². The number of pyridine rings is 1. The third-order valence-electron chi connectivity index (χ3n) is 3.60. The van der Waals surface area contributed by atoms with Gasteiger partial charge in [-0.1, -0.05) is 0 Å². The molecule has 2 atom stereocenters. The van der Waals surface area contributed by atoms with E-state index in [1.165, 1.54) is 12.8 Å². The van der Waals surface area contributed by atoms with Crippen molar-refractivity contribution in [2.75, 3.05) is 18.9 Å². The molecule has 19 heavy (non-hydrogen) atoms. The molecular formula is C14H20N2O2S. The number of thioether (sulfide) groups is 1. The zero-order chi connectivity index (χ0) is 13.2. The number of ether oxygens (including phenoxy) is 2. The van der Waals surface area contributed by atoms with Crippen molar-refractivity contribution in [1.29, 1.82) is 0 Å². The Bertz CT molecular complexity index is 451. The highest BCUT2D eigenvalue weighted by molar-refractivity contribution is 7.99. The van der Waals surface area contributed by atoms with Crippen molar-refractivity contribution >= 4 is 17.4 Å². The van der Waals surface area contributed by atoms with Gasteiger partial charge in [0.25, 0.3) is 0 Å². The summed E-state index contributed by atoms with van der Waals surface area (Å²) in [6, 6.07) is 3.85. The van der Waals surface area contributed by atoms with Gasteiger partial charge >= 0.3 is 0 Å². The lowest BCUT2D eigenvalue weighted by Crippen LogP contribution is -2.13. The van der Waals surface area contributed by atoms with E-state index in [1.54, 1.807) is 11.8 Å². The normalized spacial score (nSPS) is 26.6. The molecule has 0 aromatic carbocycles. The monoisotopic (exact) mass is 280 g/mol. The van der Waals surface area contributed by atoms with Crippen LogP contribution in [-0.2, 0) is 4.74 Å². The van der Waals surface area contributed by atoms with E-state index in [9.17, 15) is 0 Å². The van der Waals surface area contributed by atoms with Gasteiger partial charge in [0.2, 0.25) is 5.88 Å². The van der Waals surface area contributed by atoms with Crippen LogP contribution >= 0.6 is 11.8 Å². The highest BCUT2D eigenvalue weighted by Crippen LogP contribution is 2.34. The number of rotatable bonds is 5. The van der Waals surface area contributed by atoms with E-state index < -0.39 is 0 Å². The Morgan fingerprint density at radius 1 is 1.42 bits per heavy atom. The summed E-state index contributed by atoms with van der Waals surface area (Å²) in [5.74, 6) is 1.30. The molecule has 1 aliphatic heterocycles. The lowest BCUT2D eigenvalue weighted by Gasteiger charge is -2.14. The van der Waals surface area contributed by atoms with Crippen LogP contribution in [0, 0.1) is 5.92 Å². The van der Waals surface area contributed by atoms with E-state index in [1.807, 2.05) is 12.1 Å². The minimum atomic E-state index is 0.292. The van der Waals surface area contributed by atoms with Gasteiger partial charge in [-0.15, -0.1) is 11.8 Å². The van der Waals surface area contributed by atoms with E-state index in [0.29, 0.717) is 28.8 Å². The van der Waals surface area contributed by atoms with Crippen LogP contribution in [0.4, 0.5) is 5.69 Å². The molecule has 2 heterocycles. The molecule has 1 saturated carbocycles. The minimum absolute atomic E-state index is 0.292. The van der Waals surface area contributed by atoms with Crippen LogP contribution in [0.25, 0.3) is 0 Å². The molecule has 2 N–H and O–H groups in total. The summed E-state index contributed by atoms with van der Waals surface area (Å²) in [6.45, 7) is 3.71. The first-order valence-electron chi connectivity index (χ1n) is 6.90. The summed E-state index contributed by atoms with van der Waals surface area (Å²) < 4.78 is 11.3. The maximum atomic E-state index is 5.91. The quantitative estimate of drug-likeness (QED) is 0.898. The van der Waals surface area contributed by atoms with Crippen molar-refractivity contribution in [1.82, 2.24) is 4.98 Å². The largest absolute Gasteiger partial charge is 0.476 e. The van der Waals surface area contributed by atoms with Crippen LogP contribution in [0.3, 0.4) is 0 Å². The molecule has 1 aromatic heterocycles. The lowest BCUT2D eigenvalue weighted by atomic mass is 10.3. The van der Waals surface area contributed by atoms with E-state index in [-0.39, 0.29) is 0 Å². The second kappa shape index (κ2) is 5.59. The summed E-state index contributed by atoms with van der Waals surface area (Å²) >= 11 is 1.76. The Kier molecular flexibility index (Phi) is 3.84. The van der Waals surface area contributed by atoms with Crippen LogP contribution in [0.2, 0.25) is 0 Å². The molecule has 1 saturated heterocycles. The van der Waals surface area contributed by atoms with Gasteiger partial charge in [-0.05, 0) is 44.2 Å². The molecule has 0 bridgehead atoms. The topological polar surface area (TPSA) is 57.4 Å².